The van der Waals surface area contributed by atoms with Gasteiger partial charge in [-0.25, -0.2) is 0 Å². The molecular weight excluding hydrogens is 152 g/mol. The van der Waals surface area contributed by atoms with Crippen molar-refractivity contribution in [3.05, 3.63) is 11.6 Å². The summed E-state index contributed by atoms with van der Waals surface area (Å²) in [7, 11) is 1.72. The zero-order chi connectivity index (χ0) is 8.97. The molecule has 0 saturated carbocycles. The highest BCUT2D eigenvalue weighted by atomic mass is 16.5. The number of hydrogen-bond donors (Lipinski definition) is 1. The van der Waals surface area contributed by atoms with Crippen LogP contribution in [-0.4, -0.2) is 44.3 Å². The Bertz CT molecular complexity index is 164. The number of methoxy groups -OCH3 is 1. The summed E-state index contributed by atoms with van der Waals surface area (Å²) in [6.07, 6.45) is 2.44. The van der Waals surface area contributed by atoms with Gasteiger partial charge in [0.05, 0.1) is 6.10 Å². The fourth-order valence-electron chi connectivity index (χ4n) is 1.44. The smallest absolute Gasteiger partial charge is 0.0820 e. The Morgan fingerprint density at radius 1 is 1.75 bits per heavy atom. The molecule has 0 radical (unpaired) electrons. The van der Waals surface area contributed by atoms with Gasteiger partial charge in [0.15, 0.2) is 0 Å². The van der Waals surface area contributed by atoms with Crippen LogP contribution in [0.15, 0.2) is 11.6 Å². The van der Waals surface area contributed by atoms with Gasteiger partial charge in [0.25, 0.3) is 0 Å². The van der Waals surface area contributed by atoms with Crippen LogP contribution >= 0.6 is 0 Å². The molecule has 1 aliphatic heterocycles. The molecule has 0 aliphatic carbocycles. The minimum atomic E-state index is 0.185. The molecule has 0 aromatic heterocycles. The van der Waals surface area contributed by atoms with Crippen molar-refractivity contribution in [3.8, 4) is 0 Å². The summed E-state index contributed by atoms with van der Waals surface area (Å²) in [6, 6.07) is 0. The van der Waals surface area contributed by atoms with Crippen LogP contribution in [-0.2, 0) is 4.74 Å². The van der Waals surface area contributed by atoms with Gasteiger partial charge in [-0.15, -0.1) is 0 Å². The predicted molar refractivity (Wildman–Crippen MR) is 50.0 cm³/mol. The number of nitrogens with two attached hydrogens (primary N) is 1. The van der Waals surface area contributed by atoms with Crippen molar-refractivity contribution in [1.29, 1.82) is 0 Å². The van der Waals surface area contributed by atoms with E-state index in [1.165, 1.54) is 5.57 Å². The Balaban J connectivity index is 2.24. The molecule has 0 saturated heterocycles. The molecule has 0 fully saturated rings. The van der Waals surface area contributed by atoms with Crippen molar-refractivity contribution in [1.82, 2.24) is 4.90 Å². The summed E-state index contributed by atoms with van der Waals surface area (Å²) in [5.74, 6) is 0. The van der Waals surface area contributed by atoms with E-state index in [0.717, 1.165) is 19.6 Å². The lowest BCUT2D eigenvalue weighted by Crippen LogP contribution is -2.36. The van der Waals surface area contributed by atoms with E-state index in [9.17, 15) is 0 Å². The van der Waals surface area contributed by atoms with Gasteiger partial charge in [-0.2, -0.15) is 0 Å². The Hall–Kier alpha value is -0.380. The Morgan fingerprint density at radius 2 is 2.50 bits per heavy atom. The highest BCUT2D eigenvalue weighted by Gasteiger charge is 2.15. The standard InChI is InChI=1S/C9H18N2O/c1-8-3-4-11(6-8)7-9(5-10)12-2/h3,9H,4-7,10H2,1-2H3. The van der Waals surface area contributed by atoms with E-state index in [4.69, 9.17) is 10.5 Å². The molecule has 1 rings (SSSR count). The molecule has 0 spiro atoms. The third-order valence-corrected chi connectivity index (χ3v) is 2.23. The molecule has 2 N–H and O–H groups in total. The van der Waals surface area contributed by atoms with Gasteiger partial charge in [0, 0.05) is 33.3 Å². The van der Waals surface area contributed by atoms with E-state index in [-0.39, 0.29) is 6.10 Å². The summed E-state index contributed by atoms with van der Waals surface area (Å²) in [5, 5.41) is 0. The first-order valence-corrected chi connectivity index (χ1v) is 4.37. The molecule has 12 heavy (non-hydrogen) atoms. The van der Waals surface area contributed by atoms with Crippen molar-refractivity contribution in [2.24, 2.45) is 5.73 Å². The lowest BCUT2D eigenvalue weighted by atomic mass is 10.3. The van der Waals surface area contributed by atoms with Crippen molar-refractivity contribution < 1.29 is 4.74 Å². The second-order valence-corrected chi connectivity index (χ2v) is 3.34. The number of hydrogen-bond acceptors (Lipinski definition) is 3. The van der Waals surface area contributed by atoms with Crippen molar-refractivity contribution in [3.63, 3.8) is 0 Å². The van der Waals surface area contributed by atoms with Gasteiger partial charge >= 0.3 is 0 Å². The van der Waals surface area contributed by atoms with Crippen molar-refractivity contribution in [2.75, 3.05) is 33.3 Å². The molecule has 1 unspecified atom stereocenters. The molecule has 70 valence electrons. The predicted octanol–water partition coefficient (Wildman–Crippen LogP) is 0.222. The van der Waals surface area contributed by atoms with Crippen LogP contribution in [0.5, 0.6) is 0 Å². The van der Waals surface area contributed by atoms with Gasteiger partial charge in [-0.1, -0.05) is 11.6 Å². The molecule has 0 aromatic carbocycles. The van der Waals surface area contributed by atoms with E-state index in [1.807, 2.05) is 0 Å². The van der Waals surface area contributed by atoms with Gasteiger partial charge in [-0.3, -0.25) is 4.90 Å². The van der Waals surface area contributed by atoms with Gasteiger partial charge in [-0.05, 0) is 6.92 Å². The molecular formula is C9H18N2O. The average Bonchev–Trinajstić information content (AvgIpc) is 2.47. The first-order chi connectivity index (χ1) is 5.76. The van der Waals surface area contributed by atoms with Crippen LogP contribution in [0.2, 0.25) is 0 Å². The Kier molecular flexibility index (Phi) is 3.72. The highest BCUT2D eigenvalue weighted by molar-refractivity contribution is 5.08. The molecule has 1 heterocycles. The molecule has 1 aliphatic rings. The number of rotatable bonds is 4. The quantitative estimate of drug-likeness (QED) is 0.613. The topological polar surface area (TPSA) is 38.5 Å². The second-order valence-electron chi connectivity index (χ2n) is 3.34. The molecule has 0 bridgehead atoms. The Labute approximate surface area is 74.2 Å². The summed E-state index contributed by atoms with van der Waals surface area (Å²) >= 11 is 0. The monoisotopic (exact) mass is 170 g/mol. The first-order valence-electron chi connectivity index (χ1n) is 4.37. The van der Waals surface area contributed by atoms with Gasteiger partial charge < -0.3 is 10.5 Å². The van der Waals surface area contributed by atoms with Crippen molar-refractivity contribution >= 4 is 0 Å². The van der Waals surface area contributed by atoms with Gasteiger partial charge in [0.1, 0.15) is 0 Å². The maximum atomic E-state index is 5.53. The van der Waals surface area contributed by atoms with Crippen LogP contribution in [0.4, 0.5) is 0 Å². The SMILES string of the molecule is COC(CN)CN1CC=C(C)C1. The van der Waals surface area contributed by atoms with Gasteiger partial charge in [0.2, 0.25) is 0 Å². The van der Waals surface area contributed by atoms with Crippen LogP contribution in [0.25, 0.3) is 0 Å². The molecule has 3 heteroatoms. The summed E-state index contributed by atoms with van der Waals surface area (Å²) < 4.78 is 5.21. The van der Waals surface area contributed by atoms with E-state index >= 15 is 0 Å². The number of nitrogens with zero attached hydrogens (tertiary/aromatic N) is 1. The summed E-state index contributed by atoms with van der Waals surface area (Å²) in [6.45, 7) is 5.82. The maximum Gasteiger partial charge on any atom is 0.0820 e. The van der Waals surface area contributed by atoms with Crippen LogP contribution in [0, 0.1) is 0 Å². The average molecular weight is 170 g/mol. The van der Waals surface area contributed by atoms with E-state index in [2.05, 4.69) is 17.9 Å². The lowest BCUT2D eigenvalue weighted by Gasteiger charge is -2.21. The molecule has 3 nitrogen and oxygen atoms in total. The third-order valence-electron chi connectivity index (χ3n) is 2.23. The lowest BCUT2D eigenvalue weighted by molar-refractivity contribution is 0.0787. The zero-order valence-electron chi connectivity index (χ0n) is 7.92. The normalized spacial score (nSPS) is 21.1. The zero-order valence-corrected chi connectivity index (χ0v) is 7.92. The molecule has 1 atom stereocenters. The first kappa shape index (κ1) is 9.71. The summed E-state index contributed by atoms with van der Waals surface area (Å²) in [5.41, 5.74) is 6.97. The second kappa shape index (κ2) is 4.60. The maximum absolute atomic E-state index is 5.53. The molecule has 0 aromatic rings. The highest BCUT2D eigenvalue weighted by Crippen LogP contribution is 2.08. The third kappa shape index (κ3) is 2.59. The van der Waals surface area contributed by atoms with Crippen LogP contribution in [0.3, 0.4) is 0 Å². The minimum absolute atomic E-state index is 0.185. The number of ether oxygens (including phenoxy) is 1. The van der Waals surface area contributed by atoms with Crippen LogP contribution < -0.4 is 5.73 Å². The fourth-order valence-corrected chi connectivity index (χ4v) is 1.44. The van der Waals surface area contributed by atoms with Crippen LogP contribution in [0.1, 0.15) is 6.92 Å². The Morgan fingerprint density at radius 3 is 2.92 bits per heavy atom. The minimum Gasteiger partial charge on any atom is -0.379 e. The van der Waals surface area contributed by atoms with Crippen molar-refractivity contribution in [2.45, 2.75) is 13.0 Å². The largest absolute Gasteiger partial charge is 0.379 e. The summed E-state index contributed by atoms with van der Waals surface area (Å²) in [4.78, 5) is 2.34. The van der Waals surface area contributed by atoms with E-state index in [0.29, 0.717) is 6.54 Å². The van der Waals surface area contributed by atoms with E-state index in [1.54, 1.807) is 7.11 Å². The van der Waals surface area contributed by atoms with E-state index < -0.39 is 0 Å². The fraction of sp³-hybridized carbons (Fsp3) is 0.778. The molecule has 0 amide bonds.